The van der Waals surface area contributed by atoms with E-state index in [0.717, 1.165) is 83.0 Å². The molecular weight excluding hydrogens is 428 g/mol. The molecule has 3 atom stereocenters. The molecule has 1 amide bonds. The van der Waals surface area contributed by atoms with Crippen LogP contribution in [-0.4, -0.2) is 78.6 Å². The largest absolute Gasteiger partial charge is 0.393 e. The van der Waals surface area contributed by atoms with Crippen molar-refractivity contribution in [1.29, 1.82) is 0 Å². The van der Waals surface area contributed by atoms with Crippen molar-refractivity contribution in [2.45, 2.75) is 91.8 Å². The number of oxime groups is 1. The molecule has 2 saturated heterocycles. The van der Waals surface area contributed by atoms with Gasteiger partial charge in [0.2, 0.25) is 6.41 Å². The Balaban J connectivity index is 1.51. The minimum atomic E-state index is -0.0908. The monoisotopic (exact) mass is 478 g/mol. The Morgan fingerprint density at radius 3 is 2.41 bits per heavy atom. The number of nitrogens with one attached hydrogen (secondary N) is 1. The maximum Gasteiger partial charge on any atom is 0.207 e. The Hall–Kier alpha value is -1.34. The molecule has 0 bridgehead atoms. The standard InChI is InChI=1S/C27H50N4O3/c1-20(2)26(23(27(3,4)5)7-6-12-28-19-32)24-17-25(29-34-24)31-15-8-21(9-16-31)18-30-13-10-22(33)11-14-30/h19-24,26,33H,6-18H2,1-5H3,(H,28,32). The van der Waals surface area contributed by atoms with Crippen molar-refractivity contribution in [3.8, 4) is 0 Å². The average Bonchev–Trinajstić information content (AvgIpc) is 3.26. The van der Waals surface area contributed by atoms with Crippen molar-refractivity contribution < 1.29 is 14.7 Å². The lowest BCUT2D eigenvalue weighted by molar-refractivity contribution is -0.109. The second-order valence-electron chi connectivity index (χ2n) is 12.3. The van der Waals surface area contributed by atoms with E-state index in [0.29, 0.717) is 17.8 Å². The van der Waals surface area contributed by atoms with Gasteiger partial charge in [0, 0.05) is 51.6 Å². The normalized spacial score (nSPS) is 25.2. The number of hydrogen-bond acceptors (Lipinski definition) is 6. The van der Waals surface area contributed by atoms with Crippen LogP contribution < -0.4 is 5.32 Å². The first-order valence-electron chi connectivity index (χ1n) is 13.7. The molecule has 0 aromatic carbocycles. The van der Waals surface area contributed by atoms with Gasteiger partial charge in [0.1, 0.15) is 11.9 Å². The third-order valence-electron chi connectivity index (χ3n) is 8.43. The SMILES string of the molecule is CC(C)C(C1CC(N2CCC(CN3CCC(O)CC3)CC2)=NO1)C(CCCNC=O)C(C)(C)C. The van der Waals surface area contributed by atoms with Crippen LogP contribution in [0.3, 0.4) is 0 Å². The average molecular weight is 479 g/mol. The first kappa shape index (κ1) is 27.3. The summed E-state index contributed by atoms with van der Waals surface area (Å²) in [7, 11) is 0. The highest BCUT2D eigenvalue weighted by Crippen LogP contribution is 2.43. The number of hydrogen-bond donors (Lipinski definition) is 2. The van der Waals surface area contributed by atoms with Crippen molar-refractivity contribution in [3.05, 3.63) is 0 Å². The molecule has 0 aromatic rings. The first-order chi connectivity index (χ1) is 16.2. The van der Waals surface area contributed by atoms with Crippen LogP contribution in [-0.2, 0) is 9.63 Å². The number of aliphatic hydroxyl groups excluding tert-OH is 1. The molecular formula is C27H50N4O3. The van der Waals surface area contributed by atoms with Crippen LogP contribution >= 0.6 is 0 Å². The quantitative estimate of drug-likeness (QED) is 0.370. The summed E-state index contributed by atoms with van der Waals surface area (Å²) in [5.74, 6) is 3.35. The van der Waals surface area contributed by atoms with E-state index in [9.17, 15) is 9.90 Å². The molecule has 7 heteroatoms. The van der Waals surface area contributed by atoms with Crippen LogP contribution in [0.15, 0.2) is 5.16 Å². The molecule has 2 N–H and O–H groups in total. The Bertz CT molecular complexity index is 647. The molecule has 3 rings (SSSR count). The molecule has 0 spiro atoms. The van der Waals surface area contributed by atoms with Gasteiger partial charge in [-0.1, -0.05) is 39.8 Å². The van der Waals surface area contributed by atoms with Gasteiger partial charge in [0.05, 0.1) is 6.10 Å². The second-order valence-corrected chi connectivity index (χ2v) is 12.3. The Labute approximate surface area is 207 Å². The molecule has 3 aliphatic rings. The van der Waals surface area contributed by atoms with Crippen LogP contribution in [0.5, 0.6) is 0 Å². The number of nitrogens with zero attached hydrogens (tertiary/aromatic N) is 3. The minimum Gasteiger partial charge on any atom is -0.393 e. The summed E-state index contributed by atoms with van der Waals surface area (Å²) in [5, 5.41) is 17.2. The zero-order valence-electron chi connectivity index (χ0n) is 22.3. The molecule has 196 valence electrons. The van der Waals surface area contributed by atoms with Crippen molar-refractivity contribution >= 4 is 12.2 Å². The van der Waals surface area contributed by atoms with E-state index in [-0.39, 0.29) is 17.6 Å². The van der Waals surface area contributed by atoms with E-state index in [1.165, 1.54) is 19.4 Å². The Morgan fingerprint density at radius 2 is 1.82 bits per heavy atom. The lowest BCUT2D eigenvalue weighted by atomic mass is 9.65. The molecule has 3 aliphatic heterocycles. The summed E-state index contributed by atoms with van der Waals surface area (Å²) in [6, 6.07) is 0. The zero-order chi connectivity index (χ0) is 24.7. The van der Waals surface area contributed by atoms with E-state index >= 15 is 0 Å². The number of likely N-dealkylation sites (tertiary alicyclic amines) is 2. The zero-order valence-corrected chi connectivity index (χ0v) is 22.3. The Kier molecular flexibility index (Phi) is 10.1. The third-order valence-corrected chi connectivity index (χ3v) is 8.43. The first-order valence-corrected chi connectivity index (χ1v) is 13.7. The minimum absolute atomic E-state index is 0.0908. The second kappa shape index (κ2) is 12.6. The van der Waals surface area contributed by atoms with Crippen molar-refractivity contribution in [2.75, 3.05) is 39.3 Å². The van der Waals surface area contributed by atoms with Crippen LogP contribution in [0.2, 0.25) is 0 Å². The van der Waals surface area contributed by atoms with Crippen molar-refractivity contribution in [2.24, 2.45) is 34.2 Å². The summed E-state index contributed by atoms with van der Waals surface area (Å²) in [6.45, 7) is 17.8. The molecule has 0 saturated carbocycles. The van der Waals surface area contributed by atoms with Gasteiger partial charge in [0.15, 0.2) is 0 Å². The maximum atomic E-state index is 10.7. The summed E-state index contributed by atoms with van der Waals surface area (Å²) in [6.07, 6.45) is 8.11. The highest BCUT2D eigenvalue weighted by Gasteiger charge is 2.42. The van der Waals surface area contributed by atoms with Crippen LogP contribution in [0.1, 0.15) is 79.6 Å². The van der Waals surface area contributed by atoms with Gasteiger partial charge in [0.25, 0.3) is 0 Å². The number of piperidine rings is 2. The van der Waals surface area contributed by atoms with Gasteiger partial charge < -0.3 is 25.1 Å². The maximum absolute atomic E-state index is 10.7. The number of carbonyl (C=O) groups is 1. The van der Waals surface area contributed by atoms with Crippen LogP contribution in [0.4, 0.5) is 0 Å². The van der Waals surface area contributed by atoms with E-state index in [1.807, 2.05) is 0 Å². The van der Waals surface area contributed by atoms with Gasteiger partial charge in [-0.2, -0.15) is 0 Å². The van der Waals surface area contributed by atoms with Crippen molar-refractivity contribution in [1.82, 2.24) is 15.1 Å². The molecule has 0 radical (unpaired) electrons. The fourth-order valence-corrected chi connectivity index (χ4v) is 6.46. The summed E-state index contributed by atoms with van der Waals surface area (Å²) in [4.78, 5) is 21.8. The lowest BCUT2D eigenvalue weighted by Gasteiger charge is -2.41. The number of aliphatic hydroxyl groups is 1. The smallest absolute Gasteiger partial charge is 0.207 e. The van der Waals surface area contributed by atoms with Crippen LogP contribution in [0.25, 0.3) is 0 Å². The van der Waals surface area contributed by atoms with Crippen LogP contribution in [0, 0.1) is 29.1 Å². The van der Waals surface area contributed by atoms with Gasteiger partial charge in [-0.05, 0) is 61.7 Å². The van der Waals surface area contributed by atoms with Gasteiger partial charge >= 0.3 is 0 Å². The topological polar surface area (TPSA) is 77.4 Å². The fraction of sp³-hybridized carbons (Fsp3) is 0.926. The molecule has 7 nitrogen and oxygen atoms in total. The molecule has 3 heterocycles. The Morgan fingerprint density at radius 1 is 1.15 bits per heavy atom. The number of rotatable bonds is 10. The molecule has 34 heavy (non-hydrogen) atoms. The highest BCUT2D eigenvalue weighted by atomic mass is 16.6. The van der Waals surface area contributed by atoms with E-state index in [4.69, 9.17) is 4.84 Å². The van der Waals surface area contributed by atoms with E-state index < -0.39 is 0 Å². The number of carbonyl (C=O) groups excluding carboxylic acids is 1. The molecule has 0 aliphatic carbocycles. The summed E-state index contributed by atoms with van der Waals surface area (Å²) >= 11 is 0. The van der Waals surface area contributed by atoms with Gasteiger partial charge in [-0.3, -0.25) is 4.79 Å². The number of amides is 1. The molecule has 2 fully saturated rings. The van der Waals surface area contributed by atoms with Crippen molar-refractivity contribution in [3.63, 3.8) is 0 Å². The number of amidine groups is 1. The predicted octanol–water partition coefficient (Wildman–Crippen LogP) is 3.72. The van der Waals surface area contributed by atoms with Gasteiger partial charge in [-0.15, -0.1) is 0 Å². The molecule has 0 aromatic heterocycles. The van der Waals surface area contributed by atoms with Gasteiger partial charge in [-0.25, -0.2) is 0 Å². The highest BCUT2D eigenvalue weighted by molar-refractivity contribution is 5.83. The lowest BCUT2D eigenvalue weighted by Crippen LogP contribution is -2.44. The molecule has 3 unspecified atom stereocenters. The predicted molar refractivity (Wildman–Crippen MR) is 137 cm³/mol. The fourth-order valence-electron chi connectivity index (χ4n) is 6.46. The third kappa shape index (κ3) is 7.58. The van der Waals surface area contributed by atoms with E-state index in [1.54, 1.807) is 0 Å². The summed E-state index contributed by atoms with van der Waals surface area (Å²) in [5.41, 5.74) is 0.172. The summed E-state index contributed by atoms with van der Waals surface area (Å²) < 4.78 is 0. The van der Waals surface area contributed by atoms with E-state index in [2.05, 4.69) is 54.9 Å².